The standard InChI is InChI=1S/C9H8.2C4H10/c1-2-5-9-7-3-6-8(9)4-1;2*1-4(2)3/h1-6H,7H2;2*4H,1-3H3. The zero-order valence-electron chi connectivity index (χ0n) is 12.3. The van der Waals surface area contributed by atoms with Gasteiger partial charge in [-0.1, -0.05) is 78.0 Å². The van der Waals surface area contributed by atoms with Gasteiger partial charge in [-0.05, 0) is 29.4 Å². The average molecular weight is 232 g/mol. The summed E-state index contributed by atoms with van der Waals surface area (Å²) in [5.74, 6) is 1.67. The molecule has 1 aliphatic rings. The van der Waals surface area contributed by atoms with Crippen LogP contribution in [0.1, 0.15) is 52.7 Å². The molecular formula is C17H28. The normalized spacial score (nSPS) is 11.5. The van der Waals surface area contributed by atoms with Crippen LogP contribution in [0.4, 0.5) is 0 Å². The Labute approximate surface area is 108 Å². The Morgan fingerprint density at radius 1 is 0.824 bits per heavy atom. The van der Waals surface area contributed by atoms with E-state index < -0.39 is 0 Å². The van der Waals surface area contributed by atoms with Crippen LogP contribution < -0.4 is 0 Å². The monoisotopic (exact) mass is 232 g/mol. The van der Waals surface area contributed by atoms with Crippen LogP contribution in [0.5, 0.6) is 0 Å². The van der Waals surface area contributed by atoms with Crippen molar-refractivity contribution in [2.24, 2.45) is 11.8 Å². The van der Waals surface area contributed by atoms with Crippen molar-refractivity contribution in [3.63, 3.8) is 0 Å². The topological polar surface area (TPSA) is 0 Å². The lowest BCUT2D eigenvalue weighted by Gasteiger charge is -1.93. The maximum atomic E-state index is 2.20. The summed E-state index contributed by atoms with van der Waals surface area (Å²) >= 11 is 0. The van der Waals surface area contributed by atoms with Gasteiger partial charge in [0.15, 0.2) is 0 Å². The van der Waals surface area contributed by atoms with Gasteiger partial charge < -0.3 is 0 Å². The first-order valence-corrected chi connectivity index (χ1v) is 6.68. The summed E-state index contributed by atoms with van der Waals surface area (Å²) in [4.78, 5) is 0. The predicted octanol–water partition coefficient (Wildman–Crippen LogP) is 5.58. The summed E-state index contributed by atoms with van der Waals surface area (Å²) < 4.78 is 0. The number of fused-ring (bicyclic) bond motifs is 1. The number of hydrogen-bond acceptors (Lipinski definition) is 0. The quantitative estimate of drug-likeness (QED) is 0.547. The van der Waals surface area contributed by atoms with Crippen molar-refractivity contribution in [2.75, 3.05) is 0 Å². The molecule has 0 unspecified atom stereocenters. The molecule has 0 aliphatic heterocycles. The summed E-state index contributed by atoms with van der Waals surface area (Å²) in [5, 5.41) is 0. The highest BCUT2D eigenvalue weighted by atomic mass is 14.0. The second kappa shape index (κ2) is 9.04. The van der Waals surface area contributed by atoms with Gasteiger partial charge in [0.2, 0.25) is 0 Å². The van der Waals surface area contributed by atoms with Gasteiger partial charge in [0.05, 0.1) is 0 Å². The summed E-state index contributed by atoms with van der Waals surface area (Å²) in [6.45, 7) is 13.0. The van der Waals surface area contributed by atoms with Crippen molar-refractivity contribution in [2.45, 2.75) is 48.0 Å². The minimum absolute atomic E-state index is 0.833. The van der Waals surface area contributed by atoms with Gasteiger partial charge in [0.1, 0.15) is 0 Å². The van der Waals surface area contributed by atoms with Crippen molar-refractivity contribution in [1.29, 1.82) is 0 Å². The Hall–Kier alpha value is -1.04. The lowest BCUT2D eigenvalue weighted by molar-refractivity contribution is 0.736. The Balaban J connectivity index is 0.000000274. The van der Waals surface area contributed by atoms with Gasteiger partial charge in [-0.25, -0.2) is 0 Å². The predicted molar refractivity (Wildman–Crippen MR) is 80.2 cm³/mol. The second-order valence-corrected chi connectivity index (χ2v) is 5.77. The lowest BCUT2D eigenvalue weighted by Crippen LogP contribution is -1.76. The van der Waals surface area contributed by atoms with Gasteiger partial charge in [-0.3, -0.25) is 0 Å². The lowest BCUT2D eigenvalue weighted by atomic mass is 10.1. The van der Waals surface area contributed by atoms with E-state index in [0.29, 0.717) is 0 Å². The fraction of sp³-hybridized carbons (Fsp3) is 0.529. The average Bonchev–Trinajstić information content (AvgIpc) is 2.62. The molecule has 1 aromatic carbocycles. The summed E-state index contributed by atoms with van der Waals surface area (Å²) in [5.41, 5.74) is 2.84. The number of rotatable bonds is 0. The van der Waals surface area contributed by atoms with Crippen LogP contribution in [0.15, 0.2) is 30.3 Å². The highest BCUT2D eigenvalue weighted by Gasteiger charge is 2.00. The van der Waals surface area contributed by atoms with E-state index in [-0.39, 0.29) is 0 Å². The maximum absolute atomic E-state index is 2.20. The zero-order chi connectivity index (χ0) is 13.3. The molecule has 0 aromatic heterocycles. The zero-order valence-corrected chi connectivity index (χ0v) is 12.3. The fourth-order valence-electron chi connectivity index (χ4n) is 1.20. The molecule has 0 bridgehead atoms. The van der Waals surface area contributed by atoms with E-state index in [1.54, 1.807) is 0 Å². The van der Waals surface area contributed by atoms with Crippen LogP contribution >= 0.6 is 0 Å². The van der Waals surface area contributed by atoms with E-state index in [9.17, 15) is 0 Å². The molecule has 1 aromatic rings. The maximum Gasteiger partial charge on any atom is -0.00882 e. The van der Waals surface area contributed by atoms with Crippen LogP contribution in [-0.2, 0) is 6.42 Å². The Kier molecular flexibility index (Phi) is 8.49. The molecule has 1 aliphatic carbocycles. The highest BCUT2D eigenvalue weighted by molar-refractivity contribution is 5.59. The number of hydrogen-bond donors (Lipinski definition) is 0. The molecule has 0 spiro atoms. The molecule has 17 heavy (non-hydrogen) atoms. The third kappa shape index (κ3) is 9.86. The molecule has 0 saturated carbocycles. The summed E-state index contributed by atoms with van der Waals surface area (Å²) in [7, 11) is 0. The Morgan fingerprint density at radius 3 is 1.76 bits per heavy atom. The minimum Gasteiger partial charge on any atom is -0.0795 e. The van der Waals surface area contributed by atoms with Gasteiger partial charge in [0, 0.05) is 0 Å². The number of allylic oxidation sites excluding steroid dienone is 1. The van der Waals surface area contributed by atoms with Gasteiger partial charge in [-0.2, -0.15) is 0 Å². The van der Waals surface area contributed by atoms with Gasteiger partial charge >= 0.3 is 0 Å². The number of benzene rings is 1. The molecule has 2 rings (SSSR count). The van der Waals surface area contributed by atoms with Crippen molar-refractivity contribution in [3.8, 4) is 0 Å². The van der Waals surface area contributed by atoms with E-state index in [4.69, 9.17) is 0 Å². The summed E-state index contributed by atoms with van der Waals surface area (Å²) in [6.07, 6.45) is 5.50. The summed E-state index contributed by atoms with van der Waals surface area (Å²) in [6, 6.07) is 8.49. The molecule has 0 nitrogen and oxygen atoms in total. The Bertz CT molecular complexity index is 307. The van der Waals surface area contributed by atoms with E-state index in [2.05, 4.69) is 78.0 Å². The molecule has 96 valence electrons. The van der Waals surface area contributed by atoms with Gasteiger partial charge in [-0.15, -0.1) is 0 Å². The molecule has 0 N–H and O–H groups in total. The largest absolute Gasteiger partial charge is 0.0795 e. The molecule has 0 atom stereocenters. The fourth-order valence-corrected chi connectivity index (χ4v) is 1.20. The van der Waals surface area contributed by atoms with Crippen LogP contribution in [0.25, 0.3) is 6.08 Å². The van der Waals surface area contributed by atoms with E-state index in [1.165, 1.54) is 11.1 Å². The van der Waals surface area contributed by atoms with Crippen molar-refractivity contribution in [1.82, 2.24) is 0 Å². The first-order chi connectivity index (χ1) is 7.93. The second-order valence-electron chi connectivity index (χ2n) is 5.77. The van der Waals surface area contributed by atoms with Crippen molar-refractivity contribution >= 4 is 6.08 Å². The first-order valence-electron chi connectivity index (χ1n) is 6.68. The molecule has 0 saturated heterocycles. The third-order valence-corrected chi connectivity index (χ3v) is 1.69. The minimum atomic E-state index is 0.833. The van der Waals surface area contributed by atoms with Crippen LogP contribution in [0.2, 0.25) is 0 Å². The van der Waals surface area contributed by atoms with Crippen LogP contribution in [0.3, 0.4) is 0 Å². The third-order valence-electron chi connectivity index (χ3n) is 1.69. The molecular weight excluding hydrogens is 204 g/mol. The van der Waals surface area contributed by atoms with E-state index in [1.807, 2.05) is 0 Å². The van der Waals surface area contributed by atoms with Crippen LogP contribution in [0, 0.1) is 11.8 Å². The van der Waals surface area contributed by atoms with E-state index >= 15 is 0 Å². The van der Waals surface area contributed by atoms with Crippen LogP contribution in [-0.4, -0.2) is 0 Å². The molecule has 0 heterocycles. The molecule has 0 fully saturated rings. The van der Waals surface area contributed by atoms with E-state index in [0.717, 1.165) is 18.3 Å². The first kappa shape index (κ1) is 16.0. The Morgan fingerprint density at radius 2 is 1.29 bits per heavy atom. The highest BCUT2D eigenvalue weighted by Crippen LogP contribution is 2.17. The SMILES string of the molecule is C1=Cc2ccccc2C1.CC(C)C.CC(C)C. The van der Waals surface area contributed by atoms with Crippen molar-refractivity contribution in [3.05, 3.63) is 41.5 Å². The van der Waals surface area contributed by atoms with Gasteiger partial charge in [0.25, 0.3) is 0 Å². The molecule has 0 amide bonds. The van der Waals surface area contributed by atoms with Crippen molar-refractivity contribution < 1.29 is 0 Å². The smallest absolute Gasteiger partial charge is 0.00882 e. The molecule has 0 radical (unpaired) electrons. The molecule has 0 heteroatoms.